The number of halogens is 4. The SMILES string of the molecule is O=C(O)c1cn(-c2cnc(NCC(F)(F)F)c(F)c2)nn1. The Labute approximate surface area is 114 Å². The molecule has 0 aliphatic carbocycles. The molecule has 0 aromatic carbocycles. The van der Waals surface area contributed by atoms with Crippen LogP contribution in [0.4, 0.5) is 23.4 Å². The van der Waals surface area contributed by atoms with E-state index < -0.39 is 30.3 Å². The first-order chi connectivity index (χ1) is 9.76. The Bertz CT molecular complexity index is 670. The van der Waals surface area contributed by atoms with Gasteiger partial charge in [-0.3, -0.25) is 0 Å². The van der Waals surface area contributed by atoms with E-state index in [4.69, 9.17) is 5.11 Å². The standard InChI is InChI=1S/C10H7F4N5O2/c11-6-1-5(19-3-7(9(20)21)17-18-19)2-15-8(6)16-4-10(12,13)14/h1-3H,4H2,(H,15,16)(H,20,21). The molecule has 0 fully saturated rings. The molecule has 21 heavy (non-hydrogen) atoms. The van der Waals surface area contributed by atoms with Crippen molar-refractivity contribution in [1.29, 1.82) is 0 Å². The van der Waals surface area contributed by atoms with E-state index in [1.54, 1.807) is 5.32 Å². The van der Waals surface area contributed by atoms with Crippen LogP contribution >= 0.6 is 0 Å². The van der Waals surface area contributed by atoms with Crippen LogP contribution in [0.15, 0.2) is 18.5 Å². The third kappa shape index (κ3) is 3.64. The van der Waals surface area contributed by atoms with E-state index >= 15 is 0 Å². The Balaban J connectivity index is 2.20. The third-order valence-corrected chi connectivity index (χ3v) is 2.26. The van der Waals surface area contributed by atoms with Gasteiger partial charge in [-0.25, -0.2) is 18.9 Å². The van der Waals surface area contributed by atoms with E-state index in [0.717, 1.165) is 23.1 Å². The van der Waals surface area contributed by atoms with Crippen molar-refractivity contribution < 1.29 is 27.5 Å². The molecule has 7 nitrogen and oxygen atoms in total. The topological polar surface area (TPSA) is 92.9 Å². The van der Waals surface area contributed by atoms with Crippen LogP contribution in [0.1, 0.15) is 10.5 Å². The number of anilines is 1. The molecule has 112 valence electrons. The molecule has 2 heterocycles. The van der Waals surface area contributed by atoms with Gasteiger partial charge in [0, 0.05) is 6.07 Å². The summed E-state index contributed by atoms with van der Waals surface area (Å²) >= 11 is 0. The minimum absolute atomic E-state index is 0.0186. The molecule has 0 spiro atoms. The Morgan fingerprint density at radius 1 is 1.43 bits per heavy atom. The zero-order valence-electron chi connectivity index (χ0n) is 10.1. The number of hydrogen-bond donors (Lipinski definition) is 2. The van der Waals surface area contributed by atoms with Crippen molar-refractivity contribution in [2.45, 2.75) is 6.18 Å². The lowest BCUT2D eigenvalue weighted by atomic mass is 10.3. The van der Waals surface area contributed by atoms with Gasteiger partial charge in [0.25, 0.3) is 0 Å². The lowest BCUT2D eigenvalue weighted by Crippen LogP contribution is -2.22. The molecule has 0 amide bonds. The fourth-order valence-corrected chi connectivity index (χ4v) is 1.36. The fraction of sp³-hybridized carbons (Fsp3) is 0.200. The summed E-state index contributed by atoms with van der Waals surface area (Å²) in [7, 11) is 0. The molecule has 2 aromatic heterocycles. The van der Waals surface area contributed by atoms with Gasteiger partial charge in [-0.05, 0) is 0 Å². The zero-order valence-corrected chi connectivity index (χ0v) is 10.1. The molecule has 0 saturated carbocycles. The lowest BCUT2D eigenvalue weighted by Gasteiger charge is -2.10. The second-order valence-electron chi connectivity index (χ2n) is 3.85. The molecule has 0 aliphatic heterocycles. The van der Waals surface area contributed by atoms with Gasteiger partial charge >= 0.3 is 12.1 Å². The molecule has 2 rings (SSSR count). The maximum Gasteiger partial charge on any atom is 0.405 e. The van der Waals surface area contributed by atoms with Gasteiger partial charge in [0.05, 0.1) is 18.1 Å². The maximum atomic E-state index is 13.6. The summed E-state index contributed by atoms with van der Waals surface area (Å²) in [5.41, 5.74) is -0.347. The molecule has 0 bridgehead atoms. The predicted molar refractivity (Wildman–Crippen MR) is 60.6 cm³/mol. The highest BCUT2D eigenvalue weighted by atomic mass is 19.4. The summed E-state index contributed by atoms with van der Waals surface area (Å²) in [6.45, 7) is -1.43. The van der Waals surface area contributed by atoms with E-state index in [0.29, 0.717) is 0 Å². The number of rotatable bonds is 4. The Morgan fingerprint density at radius 3 is 2.67 bits per heavy atom. The molecular weight excluding hydrogens is 298 g/mol. The molecule has 2 N–H and O–H groups in total. The van der Waals surface area contributed by atoms with E-state index in [1.807, 2.05) is 0 Å². The van der Waals surface area contributed by atoms with Crippen LogP contribution in [-0.2, 0) is 0 Å². The quantitative estimate of drug-likeness (QED) is 0.831. The summed E-state index contributed by atoms with van der Waals surface area (Å²) in [4.78, 5) is 14.1. The molecule has 0 unspecified atom stereocenters. The first kappa shape index (κ1) is 14.7. The van der Waals surface area contributed by atoms with Crippen molar-refractivity contribution in [3.05, 3.63) is 30.0 Å². The van der Waals surface area contributed by atoms with Crippen LogP contribution in [-0.4, -0.2) is 43.8 Å². The minimum Gasteiger partial charge on any atom is -0.476 e. The van der Waals surface area contributed by atoms with Gasteiger partial charge in [-0.15, -0.1) is 5.10 Å². The zero-order chi connectivity index (χ0) is 15.6. The van der Waals surface area contributed by atoms with Crippen molar-refractivity contribution in [1.82, 2.24) is 20.0 Å². The fourth-order valence-electron chi connectivity index (χ4n) is 1.36. The van der Waals surface area contributed by atoms with Crippen molar-refractivity contribution in [2.75, 3.05) is 11.9 Å². The second kappa shape index (κ2) is 5.34. The maximum absolute atomic E-state index is 13.6. The summed E-state index contributed by atoms with van der Waals surface area (Å²) in [5, 5.41) is 17.2. The van der Waals surface area contributed by atoms with Crippen LogP contribution in [0.2, 0.25) is 0 Å². The number of hydrogen-bond acceptors (Lipinski definition) is 5. The number of nitrogens with one attached hydrogen (secondary N) is 1. The van der Waals surface area contributed by atoms with E-state index in [9.17, 15) is 22.4 Å². The molecular formula is C10H7F4N5O2. The van der Waals surface area contributed by atoms with Crippen LogP contribution < -0.4 is 5.32 Å². The summed E-state index contributed by atoms with van der Waals surface area (Å²) in [6, 6.07) is 0.853. The van der Waals surface area contributed by atoms with E-state index in [2.05, 4.69) is 15.3 Å². The summed E-state index contributed by atoms with van der Waals surface area (Å²) < 4.78 is 50.6. The predicted octanol–water partition coefficient (Wildman–Crippen LogP) is 1.47. The van der Waals surface area contributed by atoms with Crippen molar-refractivity contribution in [2.24, 2.45) is 0 Å². The molecule has 0 atom stereocenters. The highest BCUT2D eigenvalue weighted by Gasteiger charge is 2.27. The average molecular weight is 305 g/mol. The van der Waals surface area contributed by atoms with E-state index in [1.165, 1.54) is 0 Å². The van der Waals surface area contributed by atoms with Gasteiger partial charge in [0.2, 0.25) is 0 Å². The largest absolute Gasteiger partial charge is 0.476 e. The Morgan fingerprint density at radius 2 is 2.14 bits per heavy atom. The van der Waals surface area contributed by atoms with Crippen LogP contribution in [0, 0.1) is 5.82 Å². The van der Waals surface area contributed by atoms with Gasteiger partial charge in [0.1, 0.15) is 6.54 Å². The number of nitrogens with zero attached hydrogens (tertiary/aromatic N) is 4. The number of carboxylic acids is 1. The monoisotopic (exact) mass is 305 g/mol. The molecule has 0 radical (unpaired) electrons. The molecule has 2 aromatic rings. The first-order valence-corrected chi connectivity index (χ1v) is 5.38. The average Bonchev–Trinajstić information content (AvgIpc) is 2.85. The number of aromatic nitrogens is 4. The van der Waals surface area contributed by atoms with Crippen molar-refractivity contribution >= 4 is 11.8 Å². The van der Waals surface area contributed by atoms with Gasteiger partial charge in [-0.1, -0.05) is 5.21 Å². The van der Waals surface area contributed by atoms with Crippen LogP contribution in [0.3, 0.4) is 0 Å². The van der Waals surface area contributed by atoms with Gasteiger partial charge < -0.3 is 10.4 Å². The smallest absolute Gasteiger partial charge is 0.405 e. The summed E-state index contributed by atoms with van der Waals surface area (Å²) in [6.07, 6.45) is -2.46. The molecule has 11 heteroatoms. The third-order valence-electron chi connectivity index (χ3n) is 2.26. The second-order valence-corrected chi connectivity index (χ2v) is 3.85. The first-order valence-electron chi connectivity index (χ1n) is 5.38. The van der Waals surface area contributed by atoms with Crippen LogP contribution in [0.25, 0.3) is 5.69 Å². The number of alkyl halides is 3. The number of aromatic carboxylic acids is 1. The number of carbonyl (C=O) groups is 1. The number of pyridine rings is 1. The Hall–Kier alpha value is -2.72. The van der Waals surface area contributed by atoms with Crippen molar-refractivity contribution in [3.63, 3.8) is 0 Å². The molecule has 0 aliphatic rings. The highest BCUT2D eigenvalue weighted by Crippen LogP contribution is 2.18. The van der Waals surface area contributed by atoms with Gasteiger partial charge in [-0.2, -0.15) is 13.2 Å². The van der Waals surface area contributed by atoms with E-state index in [-0.39, 0.29) is 11.4 Å². The normalized spacial score (nSPS) is 11.4. The van der Waals surface area contributed by atoms with Crippen molar-refractivity contribution in [3.8, 4) is 5.69 Å². The highest BCUT2D eigenvalue weighted by molar-refractivity contribution is 5.84. The van der Waals surface area contributed by atoms with Gasteiger partial charge in [0.15, 0.2) is 17.3 Å². The minimum atomic E-state index is -4.50. The molecule has 0 saturated heterocycles. The Kier molecular flexibility index (Phi) is 3.74. The summed E-state index contributed by atoms with van der Waals surface area (Å²) in [5.74, 6) is -2.93. The lowest BCUT2D eigenvalue weighted by molar-refractivity contribution is -0.115. The number of carboxylic acid groups (broad SMARTS) is 1. The van der Waals surface area contributed by atoms with Crippen LogP contribution in [0.5, 0.6) is 0 Å².